The molecule has 0 radical (unpaired) electrons. The van der Waals surface area contributed by atoms with Gasteiger partial charge in [-0.3, -0.25) is 4.57 Å². The Morgan fingerprint density at radius 2 is 2.00 bits per heavy atom. The maximum absolute atomic E-state index is 11.4. The van der Waals surface area contributed by atoms with Crippen molar-refractivity contribution in [2.45, 2.75) is 26.7 Å². The summed E-state index contributed by atoms with van der Waals surface area (Å²) in [7, 11) is 1.73. The summed E-state index contributed by atoms with van der Waals surface area (Å²) >= 11 is 0. The van der Waals surface area contributed by atoms with Gasteiger partial charge in [-0.25, -0.2) is 4.79 Å². The van der Waals surface area contributed by atoms with E-state index >= 15 is 0 Å². The summed E-state index contributed by atoms with van der Waals surface area (Å²) in [5, 5.41) is 0. The highest BCUT2D eigenvalue weighted by Crippen LogP contribution is 2.23. The molecule has 1 aromatic heterocycles. The van der Waals surface area contributed by atoms with Crippen LogP contribution in [0.3, 0.4) is 0 Å². The van der Waals surface area contributed by atoms with Crippen LogP contribution < -0.4 is 5.76 Å². The zero-order valence-electron chi connectivity index (χ0n) is 9.50. The molecule has 0 amide bonds. The van der Waals surface area contributed by atoms with Gasteiger partial charge in [-0.2, -0.15) is 0 Å². The maximum Gasteiger partial charge on any atom is 0.419 e. The Balaban J connectivity index is 2.85. The van der Waals surface area contributed by atoms with Gasteiger partial charge in [0.2, 0.25) is 0 Å². The van der Waals surface area contributed by atoms with Crippen molar-refractivity contribution in [1.82, 2.24) is 4.57 Å². The second kappa shape index (κ2) is 3.26. The molecule has 1 aromatic carbocycles. The standard InChI is InChI=1S/C12H15NO2/c1-7(2)9-5-8(3)11-10(6-9)13(4)12(14)15-11/h5-7H,1-4H3. The largest absolute Gasteiger partial charge is 0.419 e. The van der Waals surface area contributed by atoms with Crippen molar-refractivity contribution < 1.29 is 4.42 Å². The molecule has 0 fully saturated rings. The second-order valence-electron chi connectivity index (χ2n) is 4.27. The highest BCUT2D eigenvalue weighted by Gasteiger charge is 2.11. The van der Waals surface area contributed by atoms with Crippen LogP contribution in [0.5, 0.6) is 0 Å². The Morgan fingerprint density at radius 1 is 1.33 bits per heavy atom. The smallest absolute Gasteiger partial charge is 0.407 e. The molecule has 2 aromatic rings. The lowest BCUT2D eigenvalue weighted by atomic mass is 10.0. The van der Waals surface area contributed by atoms with Gasteiger partial charge in [-0.15, -0.1) is 0 Å². The van der Waals surface area contributed by atoms with Crippen LogP contribution in [0.4, 0.5) is 0 Å². The summed E-state index contributed by atoms with van der Waals surface area (Å²) in [6.45, 7) is 6.24. The van der Waals surface area contributed by atoms with E-state index in [1.165, 1.54) is 5.56 Å². The summed E-state index contributed by atoms with van der Waals surface area (Å²) in [6, 6.07) is 4.11. The van der Waals surface area contributed by atoms with Gasteiger partial charge in [0.15, 0.2) is 5.58 Å². The van der Waals surface area contributed by atoms with Crippen molar-refractivity contribution in [1.29, 1.82) is 0 Å². The molecule has 0 aliphatic heterocycles. The molecule has 15 heavy (non-hydrogen) atoms. The van der Waals surface area contributed by atoms with Crippen LogP contribution in [0.25, 0.3) is 11.1 Å². The highest BCUT2D eigenvalue weighted by atomic mass is 16.4. The van der Waals surface area contributed by atoms with Crippen molar-refractivity contribution in [3.05, 3.63) is 33.8 Å². The number of aryl methyl sites for hydroxylation is 2. The van der Waals surface area contributed by atoms with E-state index in [1.54, 1.807) is 11.6 Å². The fraction of sp³-hybridized carbons (Fsp3) is 0.417. The summed E-state index contributed by atoms with van der Waals surface area (Å²) in [5.41, 5.74) is 3.83. The van der Waals surface area contributed by atoms with Crippen molar-refractivity contribution in [3.63, 3.8) is 0 Å². The third-order valence-electron chi connectivity index (χ3n) is 2.77. The molecule has 2 rings (SSSR count). The Labute approximate surface area is 88.3 Å². The SMILES string of the molecule is Cc1cc(C(C)C)cc2c1oc(=O)n2C. The van der Waals surface area contributed by atoms with Crippen LogP contribution in [0, 0.1) is 6.92 Å². The molecule has 1 heterocycles. The molecule has 0 unspecified atom stereocenters. The van der Waals surface area contributed by atoms with Crippen LogP contribution in [0.1, 0.15) is 30.9 Å². The molecule has 3 nitrogen and oxygen atoms in total. The molecule has 0 aliphatic carbocycles. The van der Waals surface area contributed by atoms with Crippen LogP contribution in [0.2, 0.25) is 0 Å². The minimum absolute atomic E-state index is 0.297. The molecule has 0 aliphatic rings. The first kappa shape index (κ1) is 10.0. The van der Waals surface area contributed by atoms with Gasteiger partial charge in [-0.05, 0) is 30.0 Å². The first-order chi connectivity index (χ1) is 7.00. The van der Waals surface area contributed by atoms with E-state index < -0.39 is 0 Å². The Morgan fingerprint density at radius 3 is 2.60 bits per heavy atom. The third kappa shape index (κ3) is 1.48. The van der Waals surface area contributed by atoms with Crippen LogP contribution >= 0.6 is 0 Å². The van der Waals surface area contributed by atoms with E-state index in [4.69, 9.17) is 4.42 Å². The molecule has 0 saturated carbocycles. The van der Waals surface area contributed by atoms with Gasteiger partial charge in [0.05, 0.1) is 5.52 Å². The third-order valence-corrected chi connectivity index (χ3v) is 2.77. The fourth-order valence-electron chi connectivity index (χ4n) is 1.75. The molecule has 0 atom stereocenters. The van der Waals surface area contributed by atoms with Crippen molar-refractivity contribution >= 4 is 11.1 Å². The summed E-state index contributed by atoms with van der Waals surface area (Å²) in [6.07, 6.45) is 0. The molecule has 0 saturated heterocycles. The number of rotatable bonds is 1. The first-order valence-corrected chi connectivity index (χ1v) is 5.10. The molecule has 0 spiro atoms. The van der Waals surface area contributed by atoms with Crippen molar-refractivity contribution in [3.8, 4) is 0 Å². The topological polar surface area (TPSA) is 35.1 Å². The number of aromatic nitrogens is 1. The van der Waals surface area contributed by atoms with Gasteiger partial charge in [0, 0.05) is 7.05 Å². The Bertz CT molecular complexity index is 561. The minimum Gasteiger partial charge on any atom is -0.407 e. The number of oxazole rings is 1. The van der Waals surface area contributed by atoms with Gasteiger partial charge in [-0.1, -0.05) is 19.9 Å². The van der Waals surface area contributed by atoms with E-state index in [-0.39, 0.29) is 5.76 Å². The number of hydrogen-bond donors (Lipinski definition) is 0. The monoisotopic (exact) mass is 205 g/mol. The van der Waals surface area contributed by atoms with Gasteiger partial charge < -0.3 is 4.42 Å². The normalized spacial score (nSPS) is 11.5. The van der Waals surface area contributed by atoms with Crippen LogP contribution in [-0.2, 0) is 7.05 Å². The molecule has 0 N–H and O–H groups in total. The average molecular weight is 205 g/mol. The van der Waals surface area contributed by atoms with E-state index in [9.17, 15) is 4.79 Å². The van der Waals surface area contributed by atoms with E-state index in [0.717, 1.165) is 11.1 Å². The van der Waals surface area contributed by atoms with Gasteiger partial charge in [0.25, 0.3) is 0 Å². The van der Waals surface area contributed by atoms with Crippen LogP contribution in [-0.4, -0.2) is 4.57 Å². The average Bonchev–Trinajstić information content (AvgIpc) is 2.45. The lowest BCUT2D eigenvalue weighted by molar-refractivity contribution is 0.526. The molecule has 3 heteroatoms. The lowest BCUT2D eigenvalue weighted by Gasteiger charge is -2.06. The zero-order chi connectivity index (χ0) is 11.2. The van der Waals surface area contributed by atoms with Crippen LogP contribution in [0.15, 0.2) is 21.3 Å². The summed E-state index contributed by atoms with van der Waals surface area (Å²) in [5.74, 6) is 0.159. The summed E-state index contributed by atoms with van der Waals surface area (Å²) in [4.78, 5) is 11.4. The number of benzene rings is 1. The van der Waals surface area contributed by atoms with Gasteiger partial charge in [0.1, 0.15) is 0 Å². The zero-order valence-corrected chi connectivity index (χ0v) is 9.50. The van der Waals surface area contributed by atoms with Crippen molar-refractivity contribution in [2.24, 2.45) is 7.05 Å². The van der Waals surface area contributed by atoms with E-state index in [1.807, 2.05) is 13.0 Å². The molecule has 0 bridgehead atoms. The second-order valence-corrected chi connectivity index (χ2v) is 4.27. The molecular weight excluding hydrogens is 190 g/mol. The van der Waals surface area contributed by atoms with Gasteiger partial charge >= 0.3 is 5.76 Å². The molecular formula is C12H15NO2. The van der Waals surface area contributed by atoms with E-state index in [0.29, 0.717) is 11.5 Å². The fourth-order valence-corrected chi connectivity index (χ4v) is 1.75. The predicted octanol–water partition coefficient (Wildman–Crippen LogP) is 2.56. The van der Waals surface area contributed by atoms with Crippen molar-refractivity contribution in [2.75, 3.05) is 0 Å². The summed E-state index contributed by atoms with van der Waals surface area (Å²) < 4.78 is 6.72. The molecule has 80 valence electrons. The number of hydrogen-bond acceptors (Lipinski definition) is 2. The maximum atomic E-state index is 11.4. The number of fused-ring (bicyclic) bond motifs is 1. The predicted molar refractivity (Wildman–Crippen MR) is 60.3 cm³/mol. The highest BCUT2D eigenvalue weighted by molar-refractivity contribution is 5.77. The minimum atomic E-state index is -0.297. The first-order valence-electron chi connectivity index (χ1n) is 5.10. The quantitative estimate of drug-likeness (QED) is 0.717. The Hall–Kier alpha value is -1.51. The van der Waals surface area contributed by atoms with E-state index in [2.05, 4.69) is 19.9 Å². The number of nitrogens with zero attached hydrogens (tertiary/aromatic N) is 1. The Kier molecular flexibility index (Phi) is 2.18. The lowest BCUT2D eigenvalue weighted by Crippen LogP contribution is -2.08.